The monoisotopic (exact) mass is 476 g/mol. The highest BCUT2D eigenvalue weighted by Gasteiger charge is 2.52. The first-order chi connectivity index (χ1) is 16.1. The lowest BCUT2D eigenvalue weighted by Crippen LogP contribution is -2.59. The SMILES string of the molecule is CC(=O)OC[C@H]1O[C@@H](c2cc(Cc3ccc[nH]3)c[nH]2)[C@H](OC(C)=O)[C@@H](OC(C)=O)[C@H]1OC(C)=O. The van der Waals surface area contributed by atoms with Crippen molar-refractivity contribution in [3.63, 3.8) is 0 Å². The van der Waals surface area contributed by atoms with Gasteiger partial charge in [-0.2, -0.15) is 0 Å². The molecule has 1 aliphatic heterocycles. The number of H-pyrrole nitrogens is 2. The Labute approximate surface area is 196 Å². The van der Waals surface area contributed by atoms with E-state index < -0.39 is 54.4 Å². The molecule has 2 aromatic rings. The lowest BCUT2D eigenvalue weighted by atomic mass is 9.92. The van der Waals surface area contributed by atoms with E-state index in [2.05, 4.69) is 9.97 Å². The molecule has 0 aliphatic carbocycles. The van der Waals surface area contributed by atoms with Crippen LogP contribution < -0.4 is 0 Å². The molecule has 11 heteroatoms. The zero-order chi connectivity index (χ0) is 24.8. The van der Waals surface area contributed by atoms with Crippen LogP contribution in [0.1, 0.15) is 50.8 Å². The normalized spacial score (nSPS) is 24.2. The minimum Gasteiger partial charge on any atom is -0.463 e. The van der Waals surface area contributed by atoms with E-state index in [9.17, 15) is 19.2 Å². The van der Waals surface area contributed by atoms with Crippen molar-refractivity contribution in [3.05, 3.63) is 47.5 Å². The molecule has 184 valence electrons. The highest BCUT2D eigenvalue weighted by Crippen LogP contribution is 2.37. The van der Waals surface area contributed by atoms with Crippen LogP contribution in [0.3, 0.4) is 0 Å². The second-order valence-electron chi connectivity index (χ2n) is 7.96. The summed E-state index contributed by atoms with van der Waals surface area (Å²) in [6, 6.07) is 5.67. The van der Waals surface area contributed by atoms with Crippen molar-refractivity contribution in [2.75, 3.05) is 6.61 Å². The summed E-state index contributed by atoms with van der Waals surface area (Å²) in [5, 5.41) is 0. The molecule has 3 heterocycles. The Morgan fingerprint density at radius 3 is 2.12 bits per heavy atom. The number of aromatic amines is 2. The van der Waals surface area contributed by atoms with E-state index in [1.165, 1.54) is 27.7 Å². The molecule has 2 aromatic heterocycles. The van der Waals surface area contributed by atoms with Gasteiger partial charge < -0.3 is 33.7 Å². The van der Waals surface area contributed by atoms with Crippen LogP contribution in [0.4, 0.5) is 0 Å². The van der Waals surface area contributed by atoms with Gasteiger partial charge in [-0.3, -0.25) is 19.2 Å². The molecule has 0 saturated carbocycles. The second-order valence-corrected chi connectivity index (χ2v) is 7.96. The Hall–Kier alpha value is -3.60. The molecule has 1 saturated heterocycles. The molecule has 1 fully saturated rings. The van der Waals surface area contributed by atoms with Crippen molar-refractivity contribution in [1.82, 2.24) is 9.97 Å². The third kappa shape index (κ3) is 6.47. The highest BCUT2D eigenvalue weighted by molar-refractivity contribution is 5.68. The van der Waals surface area contributed by atoms with E-state index in [1.807, 2.05) is 24.4 Å². The first-order valence-electron chi connectivity index (χ1n) is 10.7. The zero-order valence-electron chi connectivity index (χ0n) is 19.4. The average molecular weight is 476 g/mol. The highest BCUT2D eigenvalue weighted by atomic mass is 16.7. The molecule has 0 spiro atoms. The van der Waals surface area contributed by atoms with Gasteiger partial charge in [-0.05, 0) is 23.8 Å². The number of aromatic nitrogens is 2. The Balaban J connectivity index is 1.98. The third-order valence-corrected chi connectivity index (χ3v) is 5.12. The van der Waals surface area contributed by atoms with Gasteiger partial charge in [-0.1, -0.05) is 0 Å². The van der Waals surface area contributed by atoms with Gasteiger partial charge in [0.15, 0.2) is 18.3 Å². The van der Waals surface area contributed by atoms with Crippen molar-refractivity contribution in [2.24, 2.45) is 0 Å². The number of esters is 4. The predicted octanol–water partition coefficient (Wildman–Crippen LogP) is 1.73. The fourth-order valence-electron chi connectivity index (χ4n) is 3.90. The fraction of sp³-hybridized carbons (Fsp3) is 0.478. The largest absolute Gasteiger partial charge is 0.463 e. The van der Waals surface area contributed by atoms with Crippen LogP contribution in [0, 0.1) is 0 Å². The summed E-state index contributed by atoms with van der Waals surface area (Å²) in [5.74, 6) is -2.56. The van der Waals surface area contributed by atoms with Gasteiger partial charge in [0.25, 0.3) is 0 Å². The van der Waals surface area contributed by atoms with Crippen molar-refractivity contribution in [3.8, 4) is 0 Å². The number of hydrogen-bond donors (Lipinski definition) is 2. The number of carbonyl (C=O) groups is 4. The number of carbonyl (C=O) groups excluding carboxylic acids is 4. The Kier molecular flexibility index (Phi) is 8.11. The van der Waals surface area contributed by atoms with E-state index in [0.29, 0.717) is 12.1 Å². The maximum absolute atomic E-state index is 12.0. The summed E-state index contributed by atoms with van der Waals surface area (Å²) in [4.78, 5) is 53.4. The smallest absolute Gasteiger partial charge is 0.303 e. The van der Waals surface area contributed by atoms with Crippen LogP contribution >= 0.6 is 0 Å². The van der Waals surface area contributed by atoms with E-state index in [1.54, 1.807) is 6.20 Å². The molecule has 3 rings (SSSR count). The van der Waals surface area contributed by atoms with Gasteiger partial charge in [0.2, 0.25) is 0 Å². The van der Waals surface area contributed by atoms with Crippen molar-refractivity contribution in [1.29, 1.82) is 0 Å². The first kappa shape index (κ1) is 25.0. The number of hydrogen-bond acceptors (Lipinski definition) is 9. The van der Waals surface area contributed by atoms with Crippen LogP contribution in [0.25, 0.3) is 0 Å². The Morgan fingerprint density at radius 1 is 0.882 bits per heavy atom. The number of nitrogens with one attached hydrogen (secondary N) is 2. The van der Waals surface area contributed by atoms with Crippen molar-refractivity contribution >= 4 is 23.9 Å². The topological polar surface area (TPSA) is 146 Å². The van der Waals surface area contributed by atoms with Gasteiger partial charge in [-0.15, -0.1) is 0 Å². The number of rotatable bonds is 8. The van der Waals surface area contributed by atoms with Crippen LogP contribution in [-0.4, -0.2) is 64.9 Å². The molecule has 1 aliphatic rings. The first-order valence-corrected chi connectivity index (χ1v) is 10.7. The Bertz CT molecular complexity index is 1010. The quantitative estimate of drug-likeness (QED) is 0.429. The predicted molar refractivity (Wildman–Crippen MR) is 115 cm³/mol. The van der Waals surface area contributed by atoms with E-state index >= 15 is 0 Å². The summed E-state index contributed by atoms with van der Waals surface area (Å²) in [7, 11) is 0. The van der Waals surface area contributed by atoms with Crippen LogP contribution in [0.5, 0.6) is 0 Å². The van der Waals surface area contributed by atoms with Crippen molar-refractivity contribution in [2.45, 2.75) is 64.6 Å². The lowest BCUT2D eigenvalue weighted by molar-refractivity contribution is -0.255. The maximum atomic E-state index is 12.0. The molecule has 2 N–H and O–H groups in total. The number of ether oxygens (including phenoxy) is 5. The van der Waals surface area contributed by atoms with Gasteiger partial charge in [-0.25, -0.2) is 0 Å². The minimum atomic E-state index is -1.21. The van der Waals surface area contributed by atoms with Crippen LogP contribution in [0.2, 0.25) is 0 Å². The minimum absolute atomic E-state index is 0.273. The van der Waals surface area contributed by atoms with E-state index in [4.69, 9.17) is 23.7 Å². The van der Waals surface area contributed by atoms with Gasteiger partial charge in [0, 0.05) is 57.9 Å². The molecule has 0 bridgehead atoms. The molecular formula is C23H28N2O9. The van der Waals surface area contributed by atoms with Crippen LogP contribution in [0.15, 0.2) is 30.6 Å². The molecule has 0 unspecified atom stereocenters. The summed E-state index contributed by atoms with van der Waals surface area (Å²) in [6.45, 7) is 4.52. The van der Waals surface area contributed by atoms with E-state index in [0.717, 1.165) is 11.3 Å². The van der Waals surface area contributed by atoms with E-state index in [-0.39, 0.29) is 6.61 Å². The molecule has 11 nitrogen and oxygen atoms in total. The summed E-state index contributed by atoms with van der Waals surface area (Å²) in [5.41, 5.74) is 2.46. The molecule has 34 heavy (non-hydrogen) atoms. The van der Waals surface area contributed by atoms with Crippen molar-refractivity contribution < 1.29 is 42.9 Å². The summed E-state index contributed by atoms with van der Waals surface area (Å²) < 4.78 is 27.6. The zero-order valence-corrected chi connectivity index (χ0v) is 19.4. The molecule has 0 aromatic carbocycles. The standard InChI is InChI=1S/C23H28N2O9/c1-12(26)30-11-19-21(31-13(2)27)23(33-15(4)29)22(32-14(3)28)20(34-19)18-9-16(10-25-18)8-17-6-5-7-24-17/h5-7,9-10,19-25H,8,11H2,1-4H3/t19-,20+,21+,22+,23+/m1/s1. The molecule has 5 atom stereocenters. The summed E-state index contributed by atoms with van der Waals surface area (Å²) in [6.07, 6.45) is -1.26. The molecule has 0 amide bonds. The average Bonchev–Trinajstić information content (AvgIpc) is 3.41. The third-order valence-electron chi connectivity index (χ3n) is 5.12. The molecule has 0 radical (unpaired) electrons. The lowest BCUT2D eigenvalue weighted by Gasteiger charge is -2.44. The van der Waals surface area contributed by atoms with Crippen LogP contribution in [-0.2, 0) is 49.3 Å². The second kappa shape index (κ2) is 11.0. The fourth-order valence-corrected chi connectivity index (χ4v) is 3.90. The Morgan fingerprint density at radius 2 is 1.53 bits per heavy atom. The van der Waals surface area contributed by atoms with Gasteiger partial charge >= 0.3 is 23.9 Å². The molecular weight excluding hydrogens is 448 g/mol. The maximum Gasteiger partial charge on any atom is 0.303 e. The van der Waals surface area contributed by atoms with Gasteiger partial charge in [0.05, 0.1) is 0 Å². The summed E-state index contributed by atoms with van der Waals surface area (Å²) >= 11 is 0. The van der Waals surface area contributed by atoms with Gasteiger partial charge in [0.1, 0.15) is 18.8 Å².